The van der Waals surface area contributed by atoms with Gasteiger partial charge in [0.25, 0.3) is 0 Å². The second kappa shape index (κ2) is 7.65. The molecular formula is C15H18N2O2S. The van der Waals surface area contributed by atoms with E-state index in [9.17, 15) is 4.79 Å². The lowest BCUT2D eigenvalue weighted by Gasteiger charge is -2.20. The van der Waals surface area contributed by atoms with Crippen molar-refractivity contribution < 1.29 is 9.90 Å². The zero-order valence-electron chi connectivity index (χ0n) is 11.2. The van der Waals surface area contributed by atoms with Crippen molar-refractivity contribution in [1.82, 2.24) is 4.98 Å². The minimum Gasteiger partial charge on any atom is -0.481 e. The fourth-order valence-electron chi connectivity index (χ4n) is 2.02. The Bertz CT molecular complexity index is 514. The van der Waals surface area contributed by atoms with Crippen LogP contribution < -0.4 is 4.90 Å². The van der Waals surface area contributed by atoms with Gasteiger partial charge in [-0.25, -0.2) is 4.98 Å². The standard InChI is InChI=1S/C15H18N2O2S/c18-14(19)8-11-17(15-16-9-12-20-15)10-4-7-13-5-2-1-3-6-13/h1-3,5-6,9,12H,4,7-8,10-11H2,(H,18,19). The molecule has 1 N–H and O–H groups in total. The van der Waals surface area contributed by atoms with Gasteiger partial charge in [0, 0.05) is 24.7 Å². The summed E-state index contributed by atoms with van der Waals surface area (Å²) in [6.45, 7) is 1.34. The van der Waals surface area contributed by atoms with Crippen LogP contribution in [0.15, 0.2) is 41.9 Å². The molecule has 0 saturated heterocycles. The minimum atomic E-state index is -0.769. The Morgan fingerprint density at radius 3 is 2.70 bits per heavy atom. The van der Waals surface area contributed by atoms with Gasteiger partial charge in [-0.05, 0) is 18.4 Å². The molecule has 0 atom stereocenters. The van der Waals surface area contributed by atoms with Gasteiger partial charge in [-0.2, -0.15) is 0 Å². The molecule has 1 heterocycles. The number of anilines is 1. The van der Waals surface area contributed by atoms with Crippen LogP contribution in [0.3, 0.4) is 0 Å². The Morgan fingerprint density at radius 1 is 1.25 bits per heavy atom. The third-order valence-electron chi connectivity index (χ3n) is 3.02. The summed E-state index contributed by atoms with van der Waals surface area (Å²) in [6.07, 6.45) is 3.88. The molecule has 106 valence electrons. The lowest BCUT2D eigenvalue weighted by molar-refractivity contribution is -0.136. The Balaban J connectivity index is 1.86. The van der Waals surface area contributed by atoms with E-state index in [1.165, 1.54) is 5.56 Å². The van der Waals surface area contributed by atoms with Crippen LogP contribution in [-0.2, 0) is 11.2 Å². The van der Waals surface area contributed by atoms with Crippen LogP contribution in [-0.4, -0.2) is 29.1 Å². The molecule has 0 saturated carbocycles. The zero-order chi connectivity index (χ0) is 14.2. The van der Waals surface area contributed by atoms with Crippen molar-refractivity contribution in [3.8, 4) is 0 Å². The van der Waals surface area contributed by atoms with E-state index in [0.717, 1.165) is 24.5 Å². The van der Waals surface area contributed by atoms with Crippen molar-refractivity contribution in [3.63, 3.8) is 0 Å². The number of carboxylic acids is 1. The number of nitrogens with zero attached hydrogens (tertiary/aromatic N) is 2. The van der Waals surface area contributed by atoms with Gasteiger partial charge in [-0.3, -0.25) is 4.79 Å². The Morgan fingerprint density at radius 2 is 2.05 bits per heavy atom. The first-order chi connectivity index (χ1) is 9.75. The molecule has 2 rings (SSSR count). The van der Waals surface area contributed by atoms with Crippen molar-refractivity contribution in [2.75, 3.05) is 18.0 Å². The summed E-state index contributed by atoms with van der Waals surface area (Å²) in [5.74, 6) is -0.769. The number of aromatic nitrogens is 1. The first-order valence-electron chi connectivity index (χ1n) is 6.66. The number of benzene rings is 1. The predicted molar refractivity (Wildman–Crippen MR) is 81.3 cm³/mol. The second-order valence-electron chi connectivity index (χ2n) is 4.53. The third kappa shape index (κ3) is 4.66. The molecule has 0 radical (unpaired) electrons. The summed E-state index contributed by atoms with van der Waals surface area (Å²) >= 11 is 1.55. The van der Waals surface area contributed by atoms with Crippen molar-refractivity contribution in [2.45, 2.75) is 19.3 Å². The van der Waals surface area contributed by atoms with E-state index in [0.29, 0.717) is 6.54 Å². The SMILES string of the molecule is O=C(O)CCN(CCCc1ccccc1)c1nccs1. The molecular weight excluding hydrogens is 272 g/mol. The average molecular weight is 290 g/mol. The highest BCUT2D eigenvalue weighted by Crippen LogP contribution is 2.18. The van der Waals surface area contributed by atoms with E-state index >= 15 is 0 Å². The van der Waals surface area contributed by atoms with Gasteiger partial charge in [0.05, 0.1) is 6.42 Å². The number of hydrogen-bond acceptors (Lipinski definition) is 4. The summed E-state index contributed by atoms with van der Waals surface area (Å²) in [7, 11) is 0. The molecule has 0 aliphatic heterocycles. The number of aryl methyl sites for hydroxylation is 1. The second-order valence-corrected chi connectivity index (χ2v) is 5.41. The number of carbonyl (C=O) groups is 1. The third-order valence-corrected chi connectivity index (χ3v) is 3.85. The molecule has 5 heteroatoms. The normalized spacial score (nSPS) is 10.4. The average Bonchev–Trinajstić information content (AvgIpc) is 2.97. The summed E-state index contributed by atoms with van der Waals surface area (Å²) in [5.41, 5.74) is 1.31. The van der Waals surface area contributed by atoms with Gasteiger partial charge < -0.3 is 10.0 Å². The molecule has 0 aliphatic carbocycles. The zero-order valence-corrected chi connectivity index (χ0v) is 12.1. The maximum absolute atomic E-state index is 10.7. The predicted octanol–water partition coefficient (Wildman–Crippen LogP) is 3.06. The Kier molecular flexibility index (Phi) is 5.55. The van der Waals surface area contributed by atoms with Gasteiger partial charge >= 0.3 is 5.97 Å². The number of carboxylic acid groups (broad SMARTS) is 1. The quantitative estimate of drug-likeness (QED) is 0.812. The van der Waals surface area contributed by atoms with Crippen LogP contribution in [0.4, 0.5) is 5.13 Å². The van der Waals surface area contributed by atoms with Gasteiger partial charge in [-0.15, -0.1) is 11.3 Å². The van der Waals surface area contributed by atoms with Crippen LogP contribution >= 0.6 is 11.3 Å². The van der Waals surface area contributed by atoms with Gasteiger partial charge in [-0.1, -0.05) is 30.3 Å². The summed E-state index contributed by atoms with van der Waals surface area (Å²) < 4.78 is 0. The van der Waals surface area contributed by atoms with Crippen LogP contribution in [0.25, 0.3) is 0 Å². The van der Waals surface area contributed by atoms with E-state index in [2.05, 4.69) is 22.0 Å². The maximum atomic E-state index is 10.7. The largest absolute Gasteiger partial charge is 0.481 e. The van der Waals surface area contributed by atoms with Crippen molar-refractivity contribution >= 4 is 22.4 Å². The summed E-state index contributed by atoms with van der Waals surface area (Å²) in [5, 5.41) is 11.6. The molecule has 0 fully saturated rings. The van der Waals surface area contributed by atoms with Gasteiger partial charge in [0.2, 0.25) is 0 Å². The van der Waals surface area contributed by atoms with Crippen LogP contribution in [0.1, 0.15) is 18.4 Å². The molecule has 0 bridgehead atoms. The fourth-order valence-corrected chi connectivity index (χ4v) is 2.72. The van der Waals surface area contributed by atoms with Gasteiger partial charge in [0.1, 0.15) is 0 Å². The molecule has 0 amide bonds. The highest BCUT2D eigenvalue weighted by molar-refractivity contribution is 7.13. The van der Waals surface area contributed by atoms with E-state index < -0.39 is 5.97 Å². The first kappa shape index (κ1) is 14.5. The van der Waals surface area contributed by atoms with Crippen LogP contribution in [0.2, 0.25) is 0 Å². The van der Waals surface area contributed by atoms with E-state index in [4.69, 9.17) is 5.11 Å². The number of rotatable bonds is 8. The number of aliphatic carboxylic acids is 1. The number of thiazole rings is 1. The lowest BCUT2D eigenvalue weighted by atomic mass is 10.1. The molecule has 2 aromatic rings. The van der Waals surface area contributed by atoms with Crippen LogP contribution in [0.5, 0.6) is 0 Å². The molecule has 20 heavy (non-hydrogen) atoms. The molecule has 0 unspecified atom stereocenters. The van der Waals surface area contributed by atoms with Crippen LogP contribution in [0, 0.1) is 0 Å². The molecule has 1 aromatic heterocycles. The number of hydrogen-bond donors (Lipinski definition) is 1. The molecule has 0 aliphatic rings. The smallest absolute Gasteiger partial charge is 0.305 e. The minimum absolute atomic E-state index is 0.144. The van der Waals surface area contributed by atoms with Crippen molar-refractivity contribution in [2.24, 2.45) is 0 Å². The Labute approximate surface area is 122 Å². The fraction of sp³-hybridized carbons (Fsp3) is 0.333. The van der Waals surface area contributed by atoms with E-state index in [-0.39, 0.29) is 6.42 Å². The van der Waals surface area contributed by atoms with E-state index in [1.54, 1.807) is 17.5 Å². The highest BCUT2D eigenvalue weighted by Gasteiger charge is 2.10. The monoisotopic (exact) mass is 290 g/mol. The summed E-state index contributed by atoms with van der Waals surface area (Å²) in [4.78, 5) is 17.1. The summed E-state index contributed by atoms with van der Waals surface area (Å²) in [6, 6.07) is 10.3. The lowest BCUT2D eigenvalue weighted by Crippen LogP contribution is -2.27. The van der Waals surface area contributed by atoms with Crippen molar-refractivity contribution in [1.29, 1.82) is 0 Å². The van der Waals surface area contributed by atoms with Gasteiger partial charge in [0.15, 0.2) is 5.13 Å². The maximum Gasteiger partial charge on any atom is 0.305 e. The van der Waals surface area contributed by atoms with Crippen molar-refractivity contribution in [3.05, 3.63) is 47.5 Å². The Hall–Kier alpha value is -1.88. The molecule has 1 aromatic carbocycles. The first-order valence-corrected chi connectivity index (χ1v) is 7.54. The molecule has 0 spiro atoms. The highest BCUT2D eigenvalue weighted by atomic mass is 32.1. The molecule has 4 nitrogen and oxygen atoms in total. The topological polar surface area (TPSA) is 53.4 Å². The van der Waals surface area contributed by atoms with E-state index in [1.807, 2.05) is 23.6 Å².